The molecule has 27 heavy (non-hydrogen) atoms. The van der Waals surface area contributed by atoms with Crippen molar-refractivity contribution in [3.05, 3.63) is 41.4 Å². The van der Waals surface area contributed by atoms with Crippen LogP contribution < -0.4 is 5.32 Å². The number of aliphatic hydroxyl groups is 1. The Kier molecular flexibility index (Phi) is 4.80. The molecule has 3 N–H and O–H groups in total. The van der Waals surface area contributed by atoms with Gasteiger partial charge in [-0.05, 0) is 31.0 Å². The monoisotopic (exact) mass is 388 g/mol. The lowest BCUT2D eigenvalue weighted by Gasteiger charge is -2.29. The third-order valence-corrected chi connectivity index (χ3v) is 5.12. The highest BCUT2D eigenvalue weighted by molar-refractivity contribution is 6.30. The number of hydrogen-bond donors (Lipinski definition) is 3. The number of phenols is 1. The summed E-state index contributed by atoms with van der Waals surface area (Å²) in [6.45, 7) is 0. The number of nitrogens with zero attached hydrogens (tertiary/aromatic N) is 3. The van der Waals surface area contributed by atoms with Crippen LogP contribution >= 0.6 is 11.6 Å². The van der Waals surface area contributed by atoms with Crippen LogP contribution in [0, 0.1) is 5.82 Å². The number of nitrogens with one attached hydrogen (secondary N) is 1. The maximum Gasteiger partial charge on any atom is 0.158 e. The first-order chi connectivity index (χ1) is 13.0. The largest absolute Gasteiger partial charge is 0.507 e. The number of hydrogen-bond acceptors (Lipinski definition) is 6. The van der Waals surface area contributed by atoms with Crippen molar-refractivity contribution in [1.82, 2.24) is 15.2 Å². The van der Waals surface area contributed by atoms with E-state index < -0.39 is 11.9 Å². The molecule has 2 heterocycles. The smallest absolute Gasteiger partial charge is 0.158 e. The van der Waals surface area contributed by atoms with E-state index in [1.165, 1.54) is 6.07 Å². The molecule has 0 radical (unpaired) electrons. The van der Waals surface area contributed by atoms with Crippen LogP contribution in [0.1, 0.15) is 25.7 Å². The molecule has 2 atom stereocenters. The summed E-state index contributed by atoms with van der Waals surface area (Å²) in [5, 5.41) is 33.3. The highest BCUT2D eigenvalue weighted by Crippen LogP contribution is 2.38. The topological polar surface area (TPSA) is 91.2 Å². The third kappa shape index (κ3) is 3.40. The van der Waals surface area contributed by atoms with E-state index in [2.05, 4.69) is 20.5 Å². The van der Waals surface area contributed by atoms with Gasteiger partial charge in [0.25, 0.3) is 0 Å². The van der Waals surface area contributed by atoms with Gasteiger partial charge in [-0.15, -0.1) is 10.2 Å². The number of phenolic OH excluding ortho intramolecular Hbond substituents is 1. The Bertz CT molecular complexity index is 978. The summed E-state index contributed by atoms with van der Waals surface area (Å²) in [6, 6.07) is 3.95. The molecule has 1 saturated carbocycles. The third-order valence-electron chi connectivity index (χ3n) is 4.90. The van der Waals surface area contributed by atoms with E-state index in [0.717, 1.165) is 31.7 Å². The fraction of sp³-hybridized carbons (Fsp3) is 0.316. The maximum atomic E-state index is 14.5. The Morgan fingerprint density at radius 3 is 2.74 bits per heavy atom. The highest BCUT2D eigenvalue weighted by atomic mass is 35.5. The summed E-state index contributed by atoms with van der Waals surface area (Å²) in [6.07, 6.45) is 6.32. The Morgan fingerprint density at radius 1 is 1.15 bits per heavy atom. The van der Waals surface area contributed by atoms with Crippen LogP contribution in [0.25, 0.3) is 22.0 Å². The molecule has 0 aliphatic heterocycles. The molecule has 4 rings (SSSR count). The molecule has 6 nitrogen and oxygen atoms in total. The van der Waals surface area contributed by atoms with Crippen LogP contribution in [-0.4, -0.2) is 37.5 Å². The standard InChI is InChI=1S/C19H18ClFN4O2/c20-10-7-13(21)17(16(27)8-10)18-11-5-6-22-9-12(11)19(25-24-18)23-14-3-1-2-4-15(14)26/h5-9,14-15,26-27H,1-4H2,(H,23,25)/t14-,15-/m1/s1. The van der Waals surface area contributed by atoms with E-state index in [4.69, 9.17) is 11.6 Å². The second-order valence-electron chi connectivity index (χ2n) is 6.70. The van der Waals surface area contributed by atoms with Gasteiger partial charge in [0.05, 0.1) is 17.7 Å². The van der Waals surface area contributed by atoms with Crippen molar-refractivity contribution >= 4 is 28.2 Å². The first-order valence-corrected chi connectivity index (χ1v) is 9.16. The average Bonchev–Trinajstić information content (AvgIpc) is 2.64. The lowest BCUT2D eigenvalue weighted by molar-refractivity contribution is 0.116. The molecule has 1 aliphatic carbocycles. The number of fused-ring (bicyclic) bond motifs is 1. The van der Waals surface area contributed by atoms with Crippen molar-refractivity contribution in [3.8, 4) is 17.0 Å². The molecular weight excluding hydrogens is 371 g/mol. The quantitative estimate of drug-likeness (QED) is 0.630. The minimum Gasteiger partial charge on any atom is -0.507 e. The molecule has 1 aliphatic rings. The lowest BCUT2D eigenvalue weighted by atomic mass is 9.92. The zero-order valence-corrected chi connectivity index (χ0v) is 15.1. The van der Waals surface area contributed by atoms with Crippen LogP contribution in [0.5, 0.6) is 5.75 Å². The number of aliphatic hydroxyl groups excluding tert-OH is 1. The number of pyridine rings is 1. The van der Waals surface area contributed by atoms with E-state index in [-0.39, 0.29) is 28.1 Å². The average molecular weight is 389 g/mol. The molecule has 0 spiro atoms. The molecule has 0 bridgehead atoms. The fourth-order valence-corrected chi connectivity index (χ4v) is 3.74. The highest BCUT2D eigenvalue weighted by Gasteiger charge is 2.25. The van der Waals surface area contributed by atoms with Gasteiger partial charge in [-0.1, -0.05) is 24.4 Å². The van der Waals surface area contributed by atoms with E-state index in [9.17, 15) is 14.6 Å². The second-order valence-corrected chi connectivity index (χ2v) is 7.14. The van der Waals surface area contributed by atoms with Gasteiger partial charge in [0.15, 0.2) is 5.82 Å². The Hall–Kier alpha value is -2.51. The van der Waals surface area contributed by atoms with Crippen molar-refractivity contribution < 1.29 is 14.6 Å². The van der Waals surface area contributed by atoms with Gasteiger partial charge < -0.3 is 15.5 Å². The van der Waals surface area contributed by atoms with Crippen molar-refractivity contribution in [3.63, 3.8) is 0 Å². The summed E-state index contributed by atoms with van der Waals surface area (Å²) >= 11 is 5.80. The van der Waals surface area contributed by atoms with Crippen LogP contribution in [0.2, 0.25) is 5.02 Å². The number of rotatable bonds is 3. The number of anilines is 1. The SMILES string of the molecule is Oc1cc(Cl)cc(F)c1-c1nnc(N[C@@H]2CCCC[C@H]2O)c2cnccc12. The number of aromatic hydroxyl groups is 1. The Labute approximate surface area is 160 Å². The Balaban J connectivity index is 1.82. The first-order valence-electron chi connectivity index (χ1n) is 8.78. The summed E-state index contributed by atoms with van der Waals surface area (Å²) in [5.41, 5.74) is 0.140. The van der Waals surface area contributed by atoms with E-state index >= 15 is 0 Å². The summed E-state index contributed by atoms with van der Waals surface area (Å²) in [5.74, 6) is -0.520. The number of benzene rings is 1. The molecule has 1 aromatic carbocycles. The van der Waals surface area contributed by atoms with Crippen molar-refractivity contribution in [2.45, 2.75) is 37.8 Å². The van der Waals surface area contributed by atoms with Crippen LogP contribution in [-0.2, 0) is 0 Å². The Morgan fingerprint density at radius 2 is 1.96 bits per heavy atom. The fourth-order valence-electron chi connectivity index (χ4n) is 3.54. The number of aromatic nitrogens is 3. The lowest BCUT2D eigenvalue weighted by Crippen LogP contribution is -2.36. The van der Waals surface area contributed by atoms with Gasteiger partial charge in [-0.25, -0.2) is 4.39 Å². The normalized spacial score (nSPS) is 20.0. The van der Waals surface area contributed by atoms with Crippen LogP contribution in [0.4, 0.5) is 10.2 Å². The minimum atomic E-state index is -0.684. The minimum absolute atomic E-state index is 0.0626. The molecule has 2 aromatic heterocycles. The van der Waals surface area contributed by atoms with Crippen LogP contribution in [0.15, 0.2) is 30.6 Å². The van der Waals surface area contributed by atoms with Crippen molar-refractivity contribution in [2.75, 3.05) is 5.32 Å². The van der Waals surface area contributed by atoms with E-state index in [0.29, 0.717) is 16.6 Å². The predicted molar refractivity (Wildman–Crippen MR) is 101 cm³/mol. The predicted octanol–water partition coefficient (Wildman–Crippen LogP) is 3.91. The van der Waals surface area contributed by atoms with Gasteiger partial charge in [0.2, 0.25) is 0 Å². The molecule has 0 saturated heterocycles. The first kappa shape index (κ1) is 17.9. The molecule has 140 valence electrons. The molecule has 3 aromatic rings. The zero-order chi connectivity index (χ0) is 19.0. The van der Waals surface area contributed by atoms with Crippen molar-refractivity contribution in [1.29, 1.82) is 0 Å². The summed E-state index contributed by atoms with van der Waals surface area (Å²) in [7, 11) is 0. The van der Waals surface area contributed by atoms with Gasteiger partial charge in [0.1, 0.15) is 17.3 Å². The molecule has 0 amide bonds. The zero-order valence-electron chi connectivity index (χ0n) is 14.4. The second kappa shape index (κ2) is 7.25. The maximum absolute atomic E-state index is 14.5. The van der Waals surface area contributed by atoms with Gasteiger partial charge in [-0.2, -0.15) is 0 Å². The molecule has 1 fully saturated rings. The summed E-state index contributed by atoms with van der Waals surface area (Å²) < 4.78 is 14.5. The number of halogens is 2. The van der Waals surface area contributed by atoms with Gasteiger partial charge in [0, 0.05) is 28.2 Å². The summed E-state index contributed by atoms with van der Waals surface area (Å²) in [4.78, 5) is 4.13. The molecular formula is C19H18ClFN4O2. The van der Waals surface area contributed by atoms with Gasteiger partial charge in [-0.3, -0.25) is 4.98 Å². The van der Waals surface area contributed by atoms with Gasteiger partial charge >= 0.3 is 0 Å². The van der Waals surface area contributed by atoms with Crippen LogP contribution in [0.3, 0.4) is 0 Å². The molecule has 0 unspecified atom stereocenters. The van der Waals surface area contributed by atoms with Crippen molar-refractivity contribution in [2.24, 2.45) is 0 Å². The van der Waals surface area contributed by atoms with E-state index in [1.807, 2.05) is 0 Å². The molecule has 8 heteroatoms. The van der Waals surface area contributed by atoms with E-state index in [1.54, 1.807) is 18.5 Å².